The van der Waals surface area contributed by atoms with Gasteiger partial charge in [-0.3, -0.25) is 9.97 Å². The highest BCUT2D eigenvalue weighted by Crippen LogP contribution is 2.36. The lowest BCUT2D eigenvalue weighted by atomic mass is 9.81. The molecule has 1 unspecified atom stereocenters. The van der Waals surface area contributed by atoms with E-state index in [1.165, 1.54) is 12.3 Å². The molecule has 26 heavy (non-hydrogen) atoms. The molecule has 0 saturated carbocycles. The van der Waals surface area contributed by atoms with E-state index in [4.69, 9.17) is 4.74 Å². The van der Waals surface area contributed by atoms with Crippen molar-refractivity contribution in [3.63, 3.8) is 0 Å². The van der Waals surface area contributed by atoms with Crippen LogP contribution in [0.2, 0.25) is 0 Å². The van der Waals surface area contributed by atoms with Crippen LogP contribution >= 0.6 is 0 Å². The Morgan fingerprint density at radius 1 is 1.38 bits per heavy atom. The van der Waals surface area contributed by atoms with Crippen LogP contribution in [-0.4, -0.2) is 39.7 Å². The third-order valence-electron chi connectivity index (χ3n) is 4.26. The SMILES string of the molecule is CC(C)(C)OC(=O)N1CC=C(C2(c3cnccn3)C=CC(F)=CN2)CC1. The van der Waals surface area contributed by atoms with Crippen LogP contribution in [0.5, 0.6) is 0 Å². The second-order valence-corrected chi connectivity index (χ2v) is 7.31. The quantitative estimate of drug-likeness (QED) is 0.823. The summed E-state index contributed by atoms with van der Waals surface area (Å²) < 4.78 is 19.0. The van der Waals surface area contributed by atoms with Crippen LogP contribution in [0.3, 0.4) is 0 Å². The van der Waals surface area contributed by atoms with E-state index in [9.17, 15) is 9.18 Å². The van der Waals surface area contributed by atoms with Crippen molar-refractivity contribution in [1.82, 2.24) is 20.2 Å². The maximum atomic E-state index is 13.5. The standard InChI is InChI=1S/C19H23FN4O2/c1-18(2,3)26-17(25)24-10-5-14(6-11-24)19(7-4-15(20)12-23-19)16-13-21-8-9-22-16/h4-5,7-9,12-13,23H,6,10-11H2,1-3H3. The van der Waals surface area contributed by atoms with Gasteiger partial charge in [0.25, 0.3) is 0 Å². The van der Waals surface area contributed by atoms with Crippen LogP contribution in [0.1, 0.15) is 32.9 Å². The summed E-state index contributed by atoms with van der Waals surface area (Å²) in [6, 6.07) is 0. The zero-order valence-electron chi connectivity index (χ0n) is 15.2. The number of aromatic nitrogens is 2. The second kappa shape index (κ2) is 6.90. The first-order valence-electron chi connectivity index (χ1n) is 8.57. The largest absolute Gasteiger partial charge is 0.444 e. The summed E-state index contributed by atoms with van der Waals surface area (Å²) in [5, 5.41) is 3.12. The molecule has 0 saturated heterocycles. The smallest absolute Gasteiger partial charge is 0.410 e. The summed E-state index contributed by atoms with van der Waals surface area (Å²) >= 11 is 0. The van der Waals surface area contributed by atoms with Crippen LogP contribution in [-0.2, 0) is 10.3 Å². The van der Waals surface area contributed by atoms with Gasteiger partial charge in [-0.05, 0) is 44.9 Å². The van der Waals surface area contributed by atoms with Gasteiger partial charge in [-0.1, -0.05) is 6.08 Å². The molecular formula is C19H23FN4O2. The Kier molecular flexibility index (Phi) is 4.80. The number of halogens is 1. The van der Waals surface area contributed by atoms with E-state index in [0.717, 1.165) is 5.57 Å². The number of nitrogens with one attached hydrogen (secondary N) is 1. The molecule has 0 fully saturated rings. The molecule has 0 radical (unpaired) electrons. The van der Waals surface area contributed by atoms with E-state index < -0.39 is 11.1 Å². The summed E-state index contributed by atoms with van der Waals surface area (Å²) in [6.07, 6.45) is 11.6. The van der Waals surface area contributed by atoms with Crippen molar-refractivity contribution in [2.45, 2.75) is 38.3 Å². The lowest BCUT2D eigenvalue weighted by Crippen LogP contribution is -2.46. The van der Waals surface area contributed by atoms with Gasteiger partial charge in [-0.15, -0.1) is 0 Å². The maximum absolute atomic E-state index is 13.5. The molecule has 2 aliphatic rings. The van der Waals surface area contributed by atoms with Gasteiger partial charge in [0.1, 0.15) is 17.0 Å². The Labute approximate surface area is 152 Å². The van der Waals surface area contributed by atoms with Crippen LogP contribution in [0.25, 0.3) is 0 Å². The topological polar surface area (TPSA) is 67.3 Å². The molecule has 2 aliphatic heterocycles. The minimum absolute atomic E-state index is 0.334. The van der Waals surface area contributed by atoms with Crippen LogP contribution in [0, 0.1) is 0 Å². The van der Waals surface area contributed by atoms with E-state index >= 15 is 0 Å². The average molecular weight is 358 g/mol. The van der Waals surface area contributed by atoms with Gasteiger partial charge in [0.05, 0.1) is 11.9 Å². The number of amides is 1. The van der Waals surface area contributed by atoms with Crippen molar-refractivity contribution in [1.29, 1.82) is 0 Å². The lowest BCUT2D eigenvalue weighted by molar-refractivity contribution is 0.0263. The highest BCUT2D eigenvalue weighted by Gasteiger charge is 2.38. The molecule has 1 aromatic heterocycles. The zero-order chi connectivity index (χ0) is 18.8. The number of carbonyl (C=O) groups excluding carboxylic acids is 1. The summed E-state index contributed by atoms with van der Waals surface area (Å²) in [6.45, 7) is 6.48. The highest BCUT2D eigenvalue weighted by molar-refractivity contribution is 5.68. The van der Waals surface area contributed by atoms with E-state index in [1.54, 1.807) is 29.6 Å². The van der Waals surface area contributed by atoms with Crippen molar-refractivity contribution in [2.75, 3.05) is 13.1 Å². The summed E-state index contributed by atoms with van der Waals surface area (Å²) in [7, 11) is 0. The third kappa shape index (κ3) is 3.76. The van der Waals surface area contributed by atoms with Gasteiger partial charge in [0.15, 0.2) is 0 Å². The Balaban J connectivity index is 1.84. The summed E-state index contributed by atoms with van der Waals surface area (Å²) in [4.78, 5) is 22.5. The van der Waals surface area contributed by atoms with Crippen LogP contribution < -0.4 is 5.32 Å². The van der Waals surface area contributed by atoms with Crippen molar-refractivity contribution in [3.8, 4) is 0 Å². The first kappa shape index (κ1) is 18.1. The Bertz CT molecular complexity index is 767. The molecule has 6 nitrogen and oxygen atoms in total. The molecule has 0 bridgehead atoms. The Morgan fingerprint density at radius 2 is 2.19 bits per heavy atom. The van der Waals surface area contributed by atoms with Crippen molar-refractivity contribution >= 4 is 6.09 Å². The first-order chi connectivity index (χ1) is 12.3. The monoisotopic (exact) mass is 358 g/mol. The molecule has 1 atom stereocenters. The molecule has 0 aliphatic carbocycles. The molecule has 1 N–H and O–H groups in total. The van der Waals surface area contributed by atoms with Gasteiger partial charge >= 0.3 is 6.09 Å². The average Bonchev–Trinajstić information content (AvgIpc) is 2.62. The van der Waals surface area contributed by atoms with Crippen molar-refractivity contribution in [3.05, 3.63) is 60.1 Å². The molecule has 3 heterocycles. The fourth-order valence-corrected chi connectivity index (χ4v) is 3.03. The maximum Gasteiger partial charge on any atom is 0.410 e. The summed E-state index contributed by atoms with van der Waals surface area (Å²) in [5.41, 5.74) is 0.400. The predicted octanol–water partition coefficient (Wildman–Crippen LogP) is 3.21. The van der Waals surface area contributed by atoms with E-state index in [0.29, 0.717) is 25.2 Å². The van der Waals surface area contributed by atoms with E-state index in [-0.39, 0.29) is 11.9 Å². The molecule has 3 rings (SSSR count). The zero-order valence-corrected chi connectivity index (χ0v) is 15.2. The van der Waals surface area contributed by atoms with Gasteiger partial charge < -0.3 is 15.0 Å². The fourth-order valence-electron chi connectivity index (χ4n) is 3.03. The molecule has 0 spiro atoms. The number of hydrogen-bond donors (Lipinski definition) is 1. The normalized spacial score (nSPS) is 23.0. The molecule has 1 aromatic rings. The minimum atomic E-state index is -0.760. The number of dihydropyridines is 1. The fraction of sp³-hybridized carbons (Fsp3) is 0.421. The number of nitrogens with zero attached hydrogens (tertiary/aromatic N) is 3. The van der Waals surface area contributed by atoms with Crippen molar-refractivity contribution in [2.24, 2.45) is 0 Å². The Morgan fingerprint density at radius 3 is 2.73 bits per heavy atom. The number of ether oxygens (including phenoxy) is 1. The minimum Gasteiger partial charge on any atom is -0.444 e. The Hall–Kier alpha value is -2.70. The summed E-state index contributed by atoms with van der Waals surface area (Å²) in [5.74, 6) is -0.351. The third-order valence-corrected chi connectivity index (χ3v) is 4.26. The predicted molar refractivity (Wildman–Crippen MR) is 95.7 cm³/mol. The van der Waals surface area contributed by atoms with Crippen LogP contribution in [0.4, 0.5) is 9.18 Å². The number of allylic oxidation sites excluding steroid dienone is 2. The van der Waals surface area contributed by atoms with Gasteiger partial charge in [0, 0.05) is 31.7 Å². The van der Waals surface area contributed by atoms with Crippen molar-refractivity contribution < 1.29 is 13.9 Å². The molecule has 1 amide bonds. The lowest BCUT2D eigenvalue weighted by Gasteiger charge is -2.38. The molecular weight excluding hydrogens is 335 g/mol. The second-order valence-electron chi connectivity index (χ2n) is 7.31. The molecule has 0 aromatic carbocycles. The van der Waals surface area contributed by atoms with E-state index in [2.05, 4.69) is 15.3 Å². The molecule has 7 heteroatoms. The van der Waals surface area contributed by atoms with Crippen LogP contribution in [0.15, 0.2) is 54.4 Å². The molecule has 138 valence electrons. The van der Waals surface area contributed by atoms with Gasteiger partial charge in [-0.25, -0.2) is 9.18 Å². The first-order valence-corrected chi connectivity index (χ1v) is 8.57. The number of rotatable bonds is 2. The van der Waals surface area contributed by atoms with E-state index in [1.807, 2.05) is 26.8 Å². The number of carbonyl (C=O) groups is 1. The van der Waals surface area contributed by atoms with Gasteiger partial charge in [0.2, 0.25) is 0 Å². The highest BCUT2D eigenvalue weighted by atomic mass is 19.1. The number of hydrogen-bond acceptors (Lipinski definition) is 5. The van der Waals surface area contributed by atoms with Gasteiger partial charge in [-0.2, -0.15) is 0 Å².